The summed E-state index contributed by atoms with van der Waals surface area (Å²) in [5.41, 5.74) is 0.802. The lowest BCUT2D eigenvalue weighted by Gasteiger charge is -2.20. The van der Waals surface area contributed by atoms with Gasteiger partial charge >= 0.3 is 5.97 Å². The maximum Gasteiger partial charge on any atom is 0.328 e. The number of methoxy groups -OCH3 is 2. The molecule has 0 aromatic heterocycles. The number of benzene rings is 1. The van der Waals surface area contributed by atoms with Gasteiger partial charge in [-0.2, -0.15) is 0 Å². The minimum Gasteiger partial charge on any atom is -0.495 e. The van der Waals surface area contributed by atoms with Crippen molar-refractivity contribution in [3.63, 3.8) is 0 Å². The van der Waals surface area contributed by atoms with E-state index < -0.39 is 0 Å². The van der Waals surface area contributed by atoms with E-state index in [1.807, 2.05) is 24.3 Å². The summed E-state index contributed by atoms with van der Waals surface area (Å²) in [5.74, 6) is 0.862. The highest BCUT2D eigenvalue weighted by Gasteiger charge is 2.21. The minimum absolute atomic E-state index is 0.255. The third-order valence-electron chi connectivity index (χ3n) is 2.63. The second kappa shape index (κ2) is 6.89. The Balaban J connectivity index is 2.85. The van der Waals surface area contributed by atoms with Crippen molar-refractivity contribution in [3.8, 4) is 5.75 Å². The Labute approximate surface area is 108 Å². The van der Waals surface area contributed by atoms with Crippen molar-refractivity contribution in [2.24, 2.45) is 5.92 Å². The van der Waals surface area contributed by atoms with Crippen molar-refractivity contribution in [1.29, 1.82) is 0 Å². The highest BCUT2D eigenvalue weighted by molar-refractivity contribution is 5.80. The van der Waals surface area contributed by atoms with E-state index in [0.717, 1.165) is 11.4 Å². The SMILES string of the molecule is COC(=O)C(CC(C)C)Nc1ccccc1OC. The molecule has 1 aromatic carbocycles. The first-order valence-electron chi connectivity index (χ1n) is 6.05. The summed E-state index contributed by atoms with van der Waals surface area (Å²) in [7, 11) is 3.01. The van der Waals surface area contributed by atoms with Crippen LogP contribution >= 0.6 is 0 Å². The molecule has 1 rings (SSSR count). The molecule has 4 nitrogen and oxygen atoms in total. The van der Waals surface area contributed by atoms with Crippen LogP contribution in [0, 0.1) is 5.92 Å². The fourth-order valence-corrected chi connectivity index (χ4v) is 1.78. The lowest BCUT2D eigenvalue weighted by Crippen LogP contribution is -2.32. The summed E-state index contributed by atoms with van der Waals surface area (Å²) in [6.07, 6.45) is 0.713. The van der Waals surface area contributed by atoms with Gasteiger partial charge in [0.05, 0.1) is 19.9 Å². The van der Waals surface area contributed by atoms with E-state index in [0.29, 0.717) is 12.3 Å². The number of rotatable bonds is 6. The number of carbonyl (C=O) groups is 1. The minimum atomic E-state index is -0.355. The molecule has 0 radical (unpaired) electrons. The number of hydrogen-bond donors (Lipinski definition) is 1. The first kappa shape index (κ1) is 14.4. The maximum absolute atomic E-state index is 11.7. The van der Waals surface area contributed by atoms with Crippen LogP contribution in [0.15, 0.2) is 24.3 Å². The third kappa shape index (κ3) is 3.95. The number of para-hydroxylation sites is 2. The second-order valence-electron chi connectivity index (χ2n) is 4.55. The highest BCUT2D eigenvalue weighted by atomic mass is 16.5. The second-order valence-corrected chi connectivity index (χ2v) is 4.55. The van der Waals surface area contributed by atoms with Crippen LogP contribution < -0.4 is 10.1 Å². The monoisotopic (exact) mass is 251 g/mol. The van der Waals surface area contributed by atoms with E-state index in [1.165, 1.54) is 7.11 Å². The zero-order chi connectivity index (χ0) is 13.5. The first-order valence-corrected chi connectivity index (χ1v) is 6.05. The van der Waals surface area contributed by atoms with Gasteiger partial charge in [0, 0.05) is 0 Å². The van der Waals surface area contributed by atoms with Crippen LogP contribution in [-0.2, 0) is 9.53 Å². The Hall–Kier alpha value is -1.71. The van der Waals surface area contributed by atoms with Crippen LogP contribution in [0.4, 0.5) is 5.69 Å². The van der Waals surface area contributed by atoms with Crippen LogP contribution in [0.1, 0.15) is 20.3 Å². The van der Waals surface area contributed by atoms with Gasteiger partial charge in [-0.1, -0.05) is 26.0 Å². The molecule has 18 heavy (non-hydrogen) atoms. The first-order chi connectivity index (χ1) is 8.58. The lowest BCUT2D eigenvalue weighted by molar-refractivity contribution is -0.141. The summed E-state index contributed by atoms with van der Waals surface area (Å²) in [5, 5.41) is 3.18. The third-order valence-corrected chi connectivity index (χ3v) is 2.63. The highest BCUT2D eigenvalue weighted by Crippen LogP contribution is 2.25. The predicted octanol–water partition coefficient (Wildman–Crippen LogP) is 2.69. The number of hydrogen-bond acceptors (Lipinski definition) is 4. The van der Waals surface area contributed by atoms with Gasteiger partial charge in [-0.3, -0.25) is 0 Å². The van der Waals surface area contributed by atoms with Crippen molar-refractivity contribution < 1.29 is 14.3 Å². The molecule has 0 heterocycles. The maximum atomic E-state index is 11.7. The van der Waals surface area contributed by atoms with E-state index in [2.05, 4.69) is 19.2 Å². The average molecular weight is 251 g/mol. The van der Waals surface area contributed by atoms with Crippen molar-refractivity contribution in [2.45, 2.75) is 26.3 Å². The standard InChI is InChI=1S/C14H21NO3/c1-10(2)9-12(14(16)18-4)15-11-7-5-6-8-13(11)17-3/h5-8,10,12,15H,9H2,1-4H3. The Morgan fingerprint density at radius 2 is 1.94 bits per heavy atom. The lowest BCUT2D eigenvalue weighted by atomic mass is 10.0. The Kier molecular flexibility index (Phi) is 5.49. The fraction of sp³-hybridized carbons (Fsp3) is 0.500. The molecule has 1 unspecified atom stereocenters. The molecule has 0 aliphatic carbocycles. The molecule has 1 N–H and O–H groups in total. The van der Waals surface area contributed by atoms with Crippen LogP contribution in [0.2, 0.25) is 0 Å². The largest absolute Gasteiger partial charge is 0.495 e. The molecule has 100 valence electrons. The van der Waals surface area contributed by atoms with Gasteiger partial charge in [0.25, 0.3) is 0 Å². The van der Waals surface area contributed by atoms with Crippen molar-refractivity contribution >= 4 is 11.7 Å². The summed E-state index contributed by atoms with van der Waals surface area (Å²) >= 11 is 0. The van der Waals surface area contributed by atoms with Crippen LogP contribution in [0.5, 0.6) is 5.75 Å². The zero-order valence-corrected chi connectivity index (χ0v) is 11.4. The summed E-state index contributed by atoms with van der Waals surface area (Å²) in [6, 6.07) is 7.17. The van der Waals surface area contributed by atoms with E-state index in [9.17, 15) is 4.79 Å². The molecular weight excluding hydrogens is 230 g/mol. The van der Waals surface area contributed by atoms with Gasteiger partial charge in [-0.05, 0) is 24.5 Å². The van der Waals surface area contributed by atoms with Crippen LogP contribution in [0.3, 0.4) is 0 Å². The normalized spacial score (nSPS) is 12.1. The molecule has 1 atom stereocenters. The van der Waals surface area contributed by atoms with E-state index in [4.69, 9.17) is 9.47 Å². The predicted molar refractivity (Wildman–Crippen MR) is 71.9 cm³/mol. The van der Waals surface area contributed by atoms with Gasteiger partial charge in [-0.15, -0.1) is 0 Å². The molecule has 4 heteroatoms. The molecule has 0 aliphatic heterocycles. The summed E-state index contributed by atoms with van der Waals surface area (Å²) < 4.78 is 10.1. The van der Waals surface area contributed by atoms with Crippen molar-refractivity contribution in [2.75, 3.05) is 19.5 Å². The van der Waals surface area contributed by atoms with Crippen molar-refractivity contribution in [3.05, 3.63) is 24.3 Å². The number of nitrogens with one attached hydrogen (secondary N) is 1. The zero-order valence-electron chi connectivity index (χ0n) is 11.4. The van der Waals surface area contributed by atoms with Crippen LogP contribution in [-0.4, -0.2) is 26.2 Å². The summed E-state index contributed by atoms with van der Waals surface area (Å²) in [4.78, 5) is 11.7. The molecule has 0 spiro atoms. The van der Waals surface area contributed by atoms with Crippen LogP contribution in [0.25, 0.3) is 0 Å². The van der Waals surface area contributed by atoms with E-state index in [1.54, 1.807) is 7.11 Å². The molecule has 0 saturated carbocycles. The Morgan fingerprint density at radius 1 is 1.28 bits per heavy atom. The quantitative estimate of drug-likeness (QED) is 0.790. The number of ether oxygens (including phenoxy) is 2. The summed E-state index contributed by atoms with van der Waals surface area (Å²) in [6.45, 7) is 4.14. The van der Waals surface area contributed by atoms with Crippen molar-refractivity contribution in [1.82, 2.24) is 0 Å². The number of anilines is 1. The van der Waals surface area contributed by atoms with E-state index in [-0.39, 0.29) is 12.0 Å². The van der Waals surface area contributed by atoms with Gasteiger partial charge in [-0.25, -0.2) is 4.79 Å². The molecule has 0 bridgehead atoms. The molecule has 0 aliphatic rings. The smallest absolute Gasteiger partial charge is 0.328 e. The Bertz CT molecular complexity index is 390. The molecule has 0 saturated heterocycles. The molecule has 1 aromatic rings. The topological polar surface area (TPSA) is 47.6 Å². The molecule has 0 amide bonds. The Morgan fingerprint density at radius 3 is 2.50 bits per heavy atom. The molecule has 0 fully saturated rings. The number of carbonyl (C=O) groups excluding carboxylic acids is 1. The van der Waals surface area contributed by atoms with Gasteiger partial charge in [0.15, 0.2) is 0 Å². The van der Waals surface area contributed by atoms with E-state index >= 15 is 0 Å². The average Bonchev–Trinajstić information content (AvgIpc) is 2.37. The van der Waals surface area contributed by atoms with Gasteiger partial charge in [0.2, 0.25) is 0 Å². The van der Waals surface area contributed by atoms with Gasteiger partial charge in [0.1, 0.15) is 11.8 Å². The van der Waals surface area contributed by atoms with Gasteiger partial charge < -0.3 is 14.8 Å². The number of esters is 1. The fourth-order valence-electron chi connectivity index (χ4n) is 1.78. The molecular formula is C14H21NO3.